The molecular weight excluding hydrogens is 242 g/mol. The molecule has 1 heterocycles. The van der Waals surface area contributed by atoms with Crippen LogP contribution in [0, 0.1) is 5.92 Å². The van der Waals surface area contributed by atoms with E-state index in [1.807, 2.05) is 0 Å². The molecule has 0 aromatic heterocycles. The van der Waals surface area contributed by atoms with Crippen LogP contribution < -0.4 is 5.32 Å². The Bertz CT molecular complexity index is 240. The summed E-state index contributed by atoms with van der Waals surface area (Å²) in [6.07, 6.45) is 7.26. The van der Waals surface area contributed by atoms with Gasteiger partial charge in [0, 0.05) is 19.2 Å². The Balaban J connectivity index is 1.48. The molecule has 112 valence electrons. The highest BCUT2D eigenvalue weighted by atomic mass is 16.5. The van der Waals surface area contributed by atoms with E-state index in [0.717, 1.165) is 31.8 Å². The summed E-state index contributed by atoms with van der Waals surface area (Å²) in [5.41, 5.74) is 0. The van der Waals surface area contributed by atoms with Gasteiger partial charge >= 0.3 is 0 Å². The van der Waals surface area contributed by atoms with E-state index < -0.39 is 6.10 Å². The maximum absolute atomic E-state index is 9.89. The molecule has 1 aliphatic carbocycles. The van der Waals surface area contributed by atoms with Crippen LogP contribution in [-0.2, 0) is 9.47 Å². The Labute approximate surface area is 116 Å². The monoisotopic (exact) mass is 271 g/mol. The smallest absolute Gasteiger partial charge is 0.0897 e. The second-order valence-corrected chi connectivity index (χ2v) is 6.02. The van der Waals surface area contributed by atoms with Crippen molar-refractivity contribution in [1.29, 1.82) is 0 Å². The van der Waals surface area contributed by atoms with Crippen LogP contribution in [0.15, 0.2) is 0 Å². The van der Waals surface area contributed by atoms with E-state index in [1.165, 1.54) is 19.3 Å². The Hall–Kier alpha value is -0.160. The van der Waals surface area contributed by atoms with E-state index in [2.05, 4.69) is 12.2 Å². The number of aliphatic hydroxyl groups excluding tert-OH is 1. The molecule has 0 radical (unpaired) electrons. The normalized spacial score (nSPS) is 26.5. The molecular formula is C15H29NO3. The lowest BCUT2D eigenvalue weighted by atomic mass is 10.1. The van der Waals surface area contributed by atoms with Gasteiger partial charge in [-0.1, -0.05) is 19.8 Å². The third-order valence-electron chi connectivity index (χ3n) is 4.09. The fourth-order valence-corrected chi connectivity index (χ4v) is 2.62. The van der Waals surface area contributed by atoms with Gasteiger partial charge in [0.15, 0.2) is 0 Å². The molecule has 2 fully saturated rings. The summed E-state index contributed by atoms with van der Waals surface area (Å²) in [6, 6.07) is 0.556. The van der Waals surface area contributed by atoms with Crippen molar-refractivity contribution in [3.8, 4) is 0 Å². The van der Waals surface area contributed by atoms with Crippen molar-refractivity contribution in [2.45, 2.75) is 63.7 Å². The number of aliphatic hydroxyl groups is 1. The van der Waals surface area contributed by atoms with Crippen LogP contribution >= 0.6 is 0 Å². The third kappa shape index (κ3) is 6.21. The van der Waals surface area contributed by atoms with E-state index in [1.54, 1.807) is 0 Å². The van der Waals surface area contributed by atoms with Crippen LogP contribution in [0.3, 0.4) is 0 Å². The molecule has 2 N–H and O–H groups in total. The number of rotatable bonds is 10. The van der Waals surface area contributed by atoms with Gasteiger partial charge < -0.3 is 19.9 Å². The Morgan fingerprint density at radius 3 is 2.84 bits per heavy atom. The van der Waals surface area contributed by atoms with E-state index in [9.17, 15) is 5.11 Å². The Kier molecular flexibility index (Phi) is 6.57. The summed E-state index contributed by atoms with van der Waals surface area (Å²) in [5, 5.41) is 13.3. The average molecular weight is 271 g/mol. The van der Waals surface area contributed by atoms with Crippen LogP contribution in [0.25, 0.3) is 0 Å². The molecule has 2 aliphatic rings. The number of ether oxygens (including phenoxy) is 2. The predicted octanol–water partition coefficient (Wildman–Crippen LogP) is 1.71. The molecule has 4 nitrogen and oxygen atoms in total. The SMILES string of the molecule is CCC(CC1CC1)NCC(O)COCC1CCCO1. The van der Waals surface area contributed by atoms with Gasteiger partial charge in [-0.25, -0.2) is 0 Å². The molecule has 2 rings (SSSR count). The quantitative estimate of drug-likeness (QED) is 0.635. The molecule has 1 saturated carbocycles. The molecule has 0 spiro atoms. The van der Waals surface area contributed by atoms with Crippen molar-refractivity contribution in [1.82, 2.24) is 5.32 Å². The summed E-state index contributed by atoms with van der Waals surface area (Å²) < 4.78 is 11.0. The van der Waals surface area contributed by atoms with E-state index in [0.29, 0.717) is 25.8 Å². The van der Waals surface area contributed by atoms with Gasteiger partial charge in [-0.3, -0.25) is 0 Å². The van der Waals surface area contributed by atoms with Crippen LogP contribution in [0.2, 0.25) is 0 Å². The van der Waals surface area contributed by atoms with Gasteiger partial charge in [-0.2, -0.15) is 0 Å². The standard InChI is InChI=1S/C15H29NO3/c1-2-13(8-12-5-6-12)16-9-14(17)10-18-11-15-4-3-7-19-15/h12-17H,2-11H2,1H3. The van der Waals surface area contributed by atoms with Crippen molar-refractivity contribution < 1.29 is 14.6 Å². The largest absolute Gasteiger partial charge is 0.389 e. The topological polar surface area (TPSA) is 50.7 Å². The van der Waals surface area contributed by atoms with Gasteiger partial charge in [-0.05, 0) is 31.6 Å². The minimum atomic E-state index is -0.408. The molecule has 3 atom stereocenters. The first kappa shape index (κ1) is 15.2. The van der Waals surface area contributed by atoms with Crippen LogP contribution in [0.1, 0.15) is 45.4 Å². The Morgan fingerprint density at radius 2 is 2.21 bits per heavy atom. The molecule has 0 amide bonds. The highest BCUT2D eigenvalue weighted by Gasteiger charge is 2.24. The molecule has 3 unspecified atom stereocenters. The molecule has 19 heavy (non-hydrogen) atoms. The molecule has 1 saturated heterocycles. The van der Waals surface area contributed by atoms with Crippen molar-refractivity contribution in [2.24, 2.45) is 5.92 Å². The van der Waals surface area contributed by atoms with Gasteiger partial charge in [0.2, 0.25) is 0 Å². The highest BCUT2D eigenvalue weighted by Crippen LogP contribution is 2.33. The zero-order valence-electron chi connectivity index (χ0n) is 12.1. The van der Waals surface area contributed by atoms with Crippen LogP contribution in [0.4, 0.5) is 0 Å². The lowest BCUT2D eigenvalue weighted by Gasteiger charge is -2.20. The Morgan fingerprint density at radius 1 is 1.37 bits per heavy atom. The van der Waals surface area contributed by atoms with E-state index in [-0.39, 0.29) is 6.10 Å². The van der Waals surface area contributed by atoms with E-state index in [4.69, 9.17) is 9.47 Å². The maximum Gasteiger partial charge on any atom is 0.0897 e. The predicted molar refractivity (Wildman–Crippen MR) is 75.2 cm³/mol. The minimum Gasteiger partial charge on any atom is -0.389 e. The summed E-state index contributed by atoms with van der Waals surface area (Å²) in [4.78, 5) is 0. The summed E-state index contributed by atoms with van der Waals surface area (Å²) in [5.74, 6) is 0.936. The third-order valence-corrected chi connectivity index (χ3v) is 4.09. The zero-order valence-corrected chi connectivity index (χ0v) is 12.1. The van der Waals surface area contributed by atoms with Crippen molar-refractivity contribution >= 4 is 0 Å². The highest BCUT2D eigenvalue weighted by molar-refractivity contribution is 4.80. The van der Waals surface area contributed by atoms with Gasteiger partial charge in [0.25, 0.3) is 0 Å². The lowest BCUT2D eigenvalue weighted by Crippen LogP contribution is -2.37. The molecule has 0 aromatic carbocycles. The fraction of sp³-hybridized carbons (Fsp3) is 1.00. The van der Waals surface area contributed by atoms with Gasteiger partial charge in [0.1, 0.15) is 0 Å². The molecule has 4 heteroatoms. The fourth-order valence-electron chi connectivity index (χ4n) is 2.62. The molecule has 1 aliphatic heterocycles. The van der Waals surface area contributed by atoms with Crippen molar-refractivity contribution in [3.63, 3.8) is 0 Å². The summed E-state index contributed by atoms with van der Waals surface area (Å²) in [7, 11) is 0. The van der Waals surface area contributed by atoms with Gasteiger partial charge in [0.05, 0.1) is 25.4 Å². The number of nitrogens with one attached hydrogen (secondary N) is 1. The minimum absolute atomic E-state index is 0.249. The lowest BCUT2D eigenvalue weighted by molar-refractivity contribution is -0.0170. The summed E-state index contributed by atoms with van der Waals surface area (Å²) >= 11 is 0. The first-order chi connectivity index (χ1) is 9.28. The average Bonchev–Trinajstić information content (AvgIpc) is 3.08. The number of hydrogen-bond donors (Lipinski definition) is 2. The van der Waals surface area contributed by atoms with Crippen LogP contribution in [-0.4, -0.2) is 49.7 Å². The first-order valence-corrected chi connectivity index (χ1v) is 7.88. The second-order valence-electron chi connectivity index (χ2n) is 6.02. The van der Waals surface area contributed by atoms with Gasteiger partial charge in [-0.15, -0.1) is 0 Å². The number of hydrogen-bond acceptors (Lipinski definition) is 4. The van der Waals surface area contributed by atoms with Crippen molar-refractivity contribution in [3.05, 3.63) is 0 Å². The summed E-state index contributed by atoms with van der Waals surface area (Å²) in [6.45, 7) is 4.73. The second kappa shape index (κ2) is 8.20. The maximum atomic E-state index is 9.89. The molecule has 0 aromatic rings. The first-order valence-electron chi connectivity index (χ1n) is 7.88. The van der Waals surface area contributed by atoms with Crippen LogP contribution in [0.5, 0.6) is 0 Å². The molecule has 0 bridgehead atoms. The van der Waals surface area contributed by atoms with E-state index >= 15 is 0 Å². The zero-order chi connectivity index (χ0) is 13.5. The van der Waals surface area contributed by atoms with Crippen molar-refractivity contribution in [2.75, 3.05) is 26.4 Å².